The number of hydrazone groups is 1. The average Bonchev–Trinajstić information content (AvgIpc) is 2.87. The molecule has 2 heterocycles. The van der Waals surface area contributed by atoms with Gasteiger partial charge in [0.05, 0.1) is 17.9 Å². The summed E-state index contributed by atoms with van der Waals surface area (Å²) in [5.74, 6) is -0.405. The molecule has 8 heteroatoms. The minimum Gasteiger partial charge on any atom is -0.289 e. The lowest BCUT2D eigenvalue weighted by molar-refractivity contribution is -0.121. The van der Waals surface area contributed by atoms with E-state index in [1.54, 1.807) is 24.3 Å². The van der Waals surface area contributed by atoms with Crippen LogP contribution in [0.1, 0.15) is 16.0 Å². The number of halogens is 1. The first-order valence-corrected chi connectivity index (χ1v) is 8.68. The third-order valence-corrected chi connectivity index (χ3v) is 5.11. The average molecular weight is 375 g/mol. The molecule has 3 aromatic rings. The van der Waals surface area contributed by atoms with Gasteiger partial charge in [-0.15, -0.1) is 11.3 Å². The van der Waals surface area contributed by atoms with Gasteiger partial charge in [-0.3, -0.25) is 14.2 Å². The number of benzene rings is 1. The summed E-state index contributed by atoms with van der Waals surface area (Å²) in [7, 11) is 0. The largest absolute Gasteiger partial charge is 0.289 e. The zero-order valence-corrected chi connectivity index (χ0v) is 15.2. The molecule has 128 valence electrons. The molecule has 0 unspecified atom stereocenters. The number of amides is 1. The fraction of sp³-hybridized carbons (Fsp3) is 0.176. The van der Waals surface area contributed by atoms with Crippen LogP contribution in [0.4, 0.5) is 0 Å². The van der Waals surface area contributed by atoms with Gasteiger partial charge in [-0.1, -0.05) is 23.7 Å². The monoisotopic (exact) mass is 374 g/mol. The summed E-state index contributed by atoms with van der Waals surface area (Å²) < 4.78 is 1.29. The zero-order chi connectivity index (χ0) is 18.0. The number of hydrogen-bond donors (Lipinski definition) is 1. The van der Waals surface area contributed by atoms with Gasteiger partial charge >= 0.3 is 0 Å². The van der Waals surface area contributed by atoms with E-state index in [1.807, 2.05) is 13.8 Å². The van der Waals surface area contributed by atoms with E-state index in [0.717, 1.165) is 16.0 Å². The third kappa shape index (κ3) is 3.78. The van der Waals surface area contributed by atoms with Crippen LogP contribution in [0.5, 0.6) is 0 Å². The molecule has 25 heavy (non-hydrogen) atoms. The summed E-state index contributed by atoms with van der Waals surface area (Å²) in [6, 6.07) is 7.02. The maximum absolute atomic E-state index is 12.5. The smallest absolute Gasteiger partial charge is 0.262 e. The van der Waals surface area contributed by atoms with E-state index in [2.05, 4.69) is 15.5 Å². The molecule has 0 saturated heterocycles. The second-order valence-corrected chi connectivity index (χ2v) is 7.13. The first-order valence-electron chi connectivity index (χ1n) is 7.48. The molecule has 0 aliphatic heterocycles. The van der Waals surface area contributed by atoms with Gasteiger partial charge < -0.3 is 0 Å². The molecule has 1 aromatic carbocycles. The van der Waals surface area contributed by atoms with E-state index in [1.165, 1.54) is 28.4 Å². The number of aryl methyl sites for hydroxylation is 2. The number of thiophene rings is 1. The Bertz CT molecular complexity index is 1020. The first kappa shape index (κ1) is 17.3. The Morgan fingerprint density at radius 2 is 2.08 bits per heavy atom. The number of carbonyl (C=O) groups is 1. The Balaban J connectivity index is 1.71. The van der Waals surface area contributed by atoms with Crippen LogP contribution in [0.15, 0.2) is 40.5 Å². The summed E-state index contributed by atoms with van der Waals surface area (Å²) in [6.07, 6.45) is 2.90. The second kappa shape index (κ2) is 7.16. The van der Waals surface area contributed by atoms with Gasteiger partial charge in [0.2, 0.25) is 0 Å². The Morgan fingerprint density at radius 1 is 1.36 bits per heavy atom. The number of nitrogens with one attached hydrogen (secondary N) is 1. The highest BCUT2D eigenvalue weighted by molar-refractivity contribution is 7.18. The Hall–Kier alpha value is -2.51. The number of aromatic nitrogens is 2. The van der Waals surface area contributed by atoms with Gasteiger partial charge in [-0.2, -0.15) is 5.10 Å². The summed E-state index contributed by atoms with van der Waals surface area (Å²) in [5, 5.41) is 5.08. The van der Waals surface area contributed by atoms with Gasteiger partial charge in [0, 0.05) is 9.90 Å². The second-order valence-electron chi connectivity index (χ2n) is 5.49. The Labute approximate surface area is 152 Å². The fourth-order valence-corrected chi connectivity index (χ4v) is 3.41. The predicted octanol–water partition coefficient (Wildman–Crippen LogP) is 2.88. The van der Waals surface area contributed by atoms with Crippen molar-refractivity contribution in [3.63, 3.8) is 0 Å². The van der Waals surface area contributed by atoms with E-state index in [0.29, 0.717) is 15.2 Å². The maximum atomic E-state index is 12.5. The molecule has 0 radical (unpaired) electrons. The summed E-state index contributed by atoms with van der Waals surface area (Å²) in [5.41, 5.74) is 3.89. The molecular formula is C17H15ClN4O2S. The topological polar surface area (TPSA) is 76.3 Å². The molecule has 2 aromatic heterocycles. The molecular weight excluding hydrogens is 360 g/mol. The van der Waals surface area contributed by atoms with E-state index in [9.17, 15) is 9.59 Å². The SMILES string of the molecule is Cc1sc2ncn(CC(=O)N/N=C\c3ccc(Cl)cc3)c(=O)c2c1C. The van der Waals surface area contributed by atoms with E-state index < -0.39 is 5.91 Å². The van der Waals surface area contributed by atoms with Gasteiger partial charge in [-0.25, -0.2) is 10.4 Å². The number of rotatable bonds is 4. The number of carbonyl (C=O) groups excluding carboxylic acids is 1. The van der Waals surface area contributed by atoms with Crippen molar-refractivity contribution < 1.29 is 4.79 Å². The van der Waals surface area contributed by atoms with Crippen molar-refractivity contribution in [2.45, 2.75) is 20.4 Å². The molecule has 0 atom stereocenters. The van der Waals surface area contributed by atoms with Crippen LogP contribution in [0.3, 0.4) is 0 Å². The summed E-state index contributed by atoms with van der Waals surface area (Å²) in [6.45, 7) is 3.69. The molecule has 3 rings (SSSR count). The standard InChI is InChI=1S/C17H15ClN4O2S/c1-10-11(2)25-16-15(10)17(24)22(9-19-16)8-14(23)21-20-7-12-3-5-13(18)6-4-12/h3-7,9H,8H2,1-2H3,(H,21,23)/b20-7-. The fourth-order valence-electron chi connectivity index (χ4n) is 2.30. The van der Waals surface area contributed by atoms with Crippen LogP contribution < -0.4 is 11.0 Å². The molecule has 6 nitrogen and oxygen atoms in total. The molecule has 0 bridgehead atoms. The van der Waals surface area contributed by atoms with E-state index in [-0.39, 0.29) is 12.1 Å². The molecule has 0 fully saturated rings. The van der Waals surface area contributed by atoms with Crippen molar-refractivity contribution in [2.24, 2.45) is 5.10 Å². The number of fused-ring (bicyclic) bond motifs is 1. The molecule has 1 N–H and O–H groups in total. The van der Waals surface area contributed by atoms with Crippen LogP contribution in [0.2, 0.25) is 5.02 Å². The molecule has 1 amide bonds. The highest BCUT2D eigenvalue weighted by Gasteiger charge is 2.13. The van der Waals surface area contributed by atoms with Crippen molar-refractivity contribution in [1.29, 1.82) is 0 Å². The first-order chi connectivity index (χ1) is 12.0. The van der Waals surface area contributed by atoms with Crippen LogP contribution in [0.25, 0.3) is 10.2 Å². The van der Waals surface area contributed by atoms with Crippen molar-refractivity contribution in [3.8, 4) is 0 Å². The zero-order valence-electron chi connectivity index (χ0n) is 13.6. The number of hydrogen-bond acceptors (Lipinski definition) is 5. The Morgan fingerprint density at radius 3 is 2.80 bits per heavy atom. The van der Waals surface area contributed by atoms with Crippen LogP contribution in [-0.4, -0.2) is 21.7 Å². The van der Waals surface area contributed by atoms with Crippen LogP contribution in [0, 0.1) is 13.8 Å². The number of nitrogens with zero attached hydrogens (tertiary/aromatic N) is 3. The van der Waals surface area contributed by atoms with Crippen LogP contribution >= 0.6 is 22.9 Å². The van der Waals surface area contributed by atoms with E-state index >= 15 is 0 Å². The molecule has 0 saturated carbocycles. The van der Waals surface area contributed by atoms with Crippen molar-refractivity contribution in [3.05, 3.63) is 62.0 Å². The van der Waals surface area contributed by atoms with Crippen LogP contribution in [-0.2, 0) is 11.3 Å². The minimum atomic E-state index is -0.405. The molecule has 0 aliphatic carbocycles. The summed E-state index contributed by atoms with van der Waals surface area (Å²) in [4.78, 5) is 30.5. The van der Waals surface area contributed by atoms with Gasteiger partial charge in [0.1, 0.15) is 11.4 Å². The lowest BCUT2D eigenvalue weighted by Crippen LogP contribution is -2.30. The van der Waals surface area contributed by atoms with Gasteiger partial charge in [-0.05, 0) is 37.1 Å². The van der Waals surface area contributed by atoms with Gasteiger partial charge in [0.25, 0.3) is 11.5 Å². The minimum absolute atomic E-state index is 0.145. The highest BCUT2D eigenvalue weighted by atomic mass is 35.5. The van der Waals surface area contributed by atoms with E-state index in [4.69, 9.17) is 11.6 Å². The predicted molar refractivity (Wildman–Crippen MR) is 101 cm³/mol. The molecule has 0 aliphatic rings. The quantitative estimate of drug-likeness (QED) is 0.563. The highest BCUT2D eigenvalue weighted by Crippen LogP contribution is 2.25. The van der Waals surface area contributed by atoms with Gasteiger partial charge in [0.15, 0.2) is 0 Å². The lowest BCUT2D eigenvalue weighted by Gasteiger charge is -2.04. The Kier molecular flexibility index (Phi) is 4.96. The third-order valence-electron chi connectivity index (χ3n) is 3.74. The molecule has 0 spiro atoms. The normalized spacial score (nSPS) is 11.3. The van der Waals surface area contributed by atoms with Crippen molar-refractivity contribution in [2.75, 3.05) is 0 Å². The van der Waals surface area contributed by atoms with Crippen molar-refractivity contribution in [1.82, 2.24) is 15.0 Å². The maximum Gasteiger partial charge on any atom is 0.262 e. The lowest BCUT2D eigenvalue weighted by atomic mass is 10.2. The summed E-state index contributed by atoms with van der Waals surface area (Å²) >= 11 is 7.28. The van der Waals surface area contributed by atoms with Crippen molar-refractivity contribution >= 4 is 45.3 Å².